The Hall–Kier alpha value is -2.99. The second-order valence-electron chi connectivity index (χ2n) is 10.3. The fourth-order valence-corrected chi connectivity index (χ4v) is 6.33. The Balaban J connectivity index is 1.49. The molecule has 2 aromatic heterocycles. The van der Waals surface area contributed by atoms with Gasteiger partial charge in [-0.05, 0) is 76.2 Å². The smallest absolute Gasteiger partial charge is 0.366 e. The molecule has 0 radical (unpaired) electrons. The molecule has 0 saturated heterocycles. The molecule has 2 N–H and O–H groups in total. The number of hydrogen-bond donors (Lipinski definition) is 2. The average Bonchev–Trinajstić information content (AvgIpc) is 2.85. The first-order valence-electron chi connectivity index (χ1n) is 12.5. The summed E-state index contributed by atoms with van der Waals surface area (Å²) in [4.78, 5) is 14.2. The molecule has 12 heteroatoms. The van der Waals surface area contributed by atoms with E-state index in [-0.39, 0.29) is 34.6 Å². The van der Waals surface area contributed by atoms with Gasteiger partial charge < -0.3 is 10.2 Å². The molecule has 2 unspecified atom stereocenters. The standard InChI is InChI=1S/C26H33F3N6O2S/c1-16-5-7-19(26(27,28)29)13-21(16)18-6-8-22(23(12-18)35(3)4)33-25-17(2)11-20(14-31-25)38(36,37)34-24-9-10-30-15-32-24/h7,9-11,13-16,18,22-23H,5-6,8,12H2,1-4H3,(H,31,33)(H,30,32,34)/t16?,18-,22?,23-/m0/s1. The van der Waals surface area contributed by atoms with E-state index in [0.29, 0.717) is 17.8 Å². The van der Waals surface area contributed by atoms with Gasteiger partial charge in [0.2, 0.25) is 0 Å². The Labute approximate surface area is 221 Å². The largest absolute Gasteiger partial charge is 0.416 e. The van der Waals surface area contributed by atoms with Crippen LogP contribution in [-0.2, 0) is 10.0 Å². The molecule has 0 bridgehead atoms. The summed E-state index contributed by atoms with van der Waals surface area (Å²) in [5.41, 5.74) is 1.00. The monoisotopic (exact) mass is 550 g/mol. The molecule has 0 spiro atoms. The normalized spacial score (nSPS) is 24.5. The van der Waals surface area contributed by atoms with Crippen molar-refractivity contribution in [1.29, 1.82) is 0 Å². The number of hydrogen-bond acceptors (Lipinski definition) is 7. The van der Waals surface area contributed by atoms with Crippen molar-refractivity contribution in [3.05, 3.63) is 59.7 Å². The molecule has 4 atom stereocenters. The number of pyridine rings is 1. The van der Waals surface area contributed by atoms with Gasteiger partial charge in [0.15, 0.2) is 0 Å². The Morgan fingerprint density at radius 3 is 2.55 bits per heavy atom. The molecule has 0 aromatic carbocycles. The number of rotatable bonds is 7. The van der Waals surface area contributed by atoms with Gasteiger partial charge in [-0.15, -0.1) is 0 Å². The van der Waals surface area contributed by atoms with Crippen molar-refractivity contribution in [3.8, 4) is 0 Å². The van der Waals surface area contributed by atoms with E-state index >= 15 is 0 Å². The highest BCUT2D eigenvalue weighted by atomic mass is 32.2. The maximum atomic E-state index is 13.4. The first-order valence-corrected chi connectivity index (χ1v) is 14.0. The highest BCUT2D eigenvalue weighted by Crippen LogP contribution is 2.42. The number of allylic oxidation sites excluding steroid dienone is 4. The molecular formula is C26H33F3N6O2S. The average molecular weight is 551 g/mol. The van der Waals surface area contributed by atoms with Crippen molar-refractivity contribution in [3.63, 3.8) is 0 Å². The van der Waals surface area contributed by atoms with E-state index in [2.05, 4.69) is 29.9 Å². The number of nitrogens with zero attached hydrogens (tertiary/aromatic N) is 4. The van der Waals surface area contributed by atoms with E-state index in [4.69, 9.17) is 0 Å². The molecule has 2 aliphatic carbocycles. The Morgan fingerprint density at radius 1 is 1.16 bits per heavy atom. The molecule has 8 nitrogen and oxygen atoms in total. The fourth-order valence-electron chi connectivity index (χ4n) is 5.30. The summed E-state index contributed by atoms with van der Waals surface area (Å²) in [7, 11) is 0.0574. The van der Waals surface area contributed by atoms with Crippen LogP contribution in [0.4, 0.5) is 24.8 Å². The zero-order valence-electron chi connectivity index (χ0n) is 21.8. The molecule has 2 aliphatic rings. The summed E-state index contributed by atoms with van der Waals surface area (Å²) in [6.45, 7) is 3.78. The minimum absolute atomic E-state index is 0.00572. The SMILES string of the molecule is Cc1cc(S(=O)(=O)Nc2ccncn2)cnc1NC1CC[C@H](C2=CC(C(F)(F)F)=CCC2C)C[C@@H]1N(C)C. The highest BCUT2D eigenvalue weighted by molar-refractivity contribution is 7.92. The van der Waals surface area contributed by atoms with Crippen molar-refractivity contribution in [2.75, 3.05) is 24.1 Å². The van der Waals surface area contributed by atoms with E-state index in [1.54, 1.807) is 13.0 Å². The summed E-state index contributed by atoms with van der Waals surface area (Å²) >= 11 is 0. The van der Waals surface area contributed by atoms with Crippen molar-refractivity contribution < 1.29 is 21.6 Å². The summed E-state index contributed by atoms with van der Waals surface area (Å²) < 4.78 is 68.1. The third kappa shape index (κ3) is 6.35. The number of anilines is 2. The number of alkyl halides is 3. The second-order valence-corrected chi connectivity index (χ2v) is 11.9. The quantitative estimate of drug-likeness (QED) is 0.503. The lowest BCUT2D eigenvalue weighted by molar-refractivity contribution is -0.0889. The number of likely N-dealkylation sites (N-methyl/N-ethyl adjacent to an activating group) is 1. The van der Waals surface area contributed by atoms with Crippen LogP contribution in [0.3, 0.4) is 0 Å². The van der Waals surface area contributed by atoms with Crippen molar-refractivity contribution >= 4 is 21.7 Å². The molecule has 1 saturated carbocycles. The summed E-state index contributed by atoms with van der Waals surface area (Å²) in [5.74, 6) is 0.878. The van der Waals surface area contributed by atoms with Crippen molar-refractivity contribution in [2.45, 2.75) is 62.7 Å². The van der Waals surface area contributed by atoms with Crippen LogP contribution >= 0.6 is 0 Å². The van der Waals surface area contributed by atoms with Gasteiger partial charge in [0.05, 0.1) is 5.57 Å². The fraction of sp³-hybridized carbons (Fsp3) is 0.500. The van der Waals surface area contributed by atoms with Crippen LogP contribution < -0.4 is 10.0 Å². The van der Waals surface area contributed by atoms with Gasteiger partial charge in [-0.25, -0.2) is 23.4 Å². The lowest BCUT2D eigenvalue weighted by atomic mass is 9.72. The maximum Gasteiger partial charge on any atom is 0.416 e. The number of aromatic nitrogens is 3. The van der Waals surface area contributed by atoms with Crippen LogP contribution in [0.15, 0.2) is 59.0 Å². The van der Waals surface area contributed by atoms with Gasteiger partial charge in [0, 0.05) is 24.5 Å². The van der Waals surface area contributed by atoms with Gasteiger partial charge >= 0.3 is 6.18 Å². The number of aryl methyl sites for hydroxylation is 1. The Bertz CT molecular complexity index is 1310. The zero-order valence-corrected chi connectivity index (χ0v) is 22.6. The van der Waals surface area contributed by atoms with Crippen LogP contribution in [0.2, 0.25) is 0 Å². The third-order valence-electron chi connectivity index (χ3n) is 7.37. The van der Waals surface area contributed by atoms with Gasteiger partial charge in [0.25, 0.3) is 10.0 Å². The van der Waals surface area contributed by atoms with Crippen LogP contribution in [0.5, 0.6) is 0 Å². The number of halogens is 3. The van der Waals surface area contributed by atoms with E-state index in [1.165, 1.54) is 36.9 Å². The van der Waals surface area contributed by atoms with E-state index < -0.39 is 21.8 Å². The van der Waals surface area contributed by atoms with E-state index in [0.717, 1.165) is 24.8 Å². The van der Waals surface area contributed by atoms with Crippen molar-refractivity contribution in [2.24, 2.45) is 11.8 Å². The molecule has 2 aromatic rings. The van der Waals surface area contributed by atoms with Crippen LogP contribution in [-0.4, -0.2) is 60.6 Å². The minimum atomic E-state index is -4.34. The second kappa shape index (κ2) is 11.0. The number of sulfonamides is 1. The Kier molecular flexibility index (Phi) is 8.12. The molecular weight excluding hydrogens is 517 g/mol. The van der Waals surface area contributed by atoms with Gasteiger partial charge in [-0.2, -0.15) is 13.2 Å². The molecule has 1 fully saturated rings. The van der Waals surface area contributed by atoms with E-state index in [9.17, 15) is 21.6 Å². The summed E-state index contributed by atoms with van der Waals surface area (Å²) in [6, 6.07) is 3.07. The first-order chi connectivity index (χ1) is 17.8. The molecule has 4 rings (SSSR count). The summed E-state index contributed by atoms with van der Waals surface area (Å²) in [5, 5.41) is 3.48. The van der Waals surface area contributed by atoms with Gasteiger partial charge in [0.1, 0.15) is 22.9 Å². The van der Waals surface area contributed by atoms with Gasteiger partial charge in [-0.1, -0.05) is 24.6 Å². The zero-order chi connectivity index (χ0) is 27.7. The molecule has 0 aliphatic heterocycles. The summed E-state index contributed by atoms with van der Waals surface area (Å²) in [6.07, 6.45) is 4.95. The maximum absolute atomic E-state index is 13.4. The van der Waals surface area contributed by atoms with Crippen molar-refractivity contribution in [1.82, 2.24) is 19.9 Å². The third-order valence-corrected chi connectivity index (χ3v) is 8.69. The molecule has 38 heavy (non-hydrogen) atoms. The lowest BCUT2D eigenvalue weighted by Crippen LogP contribution is -2.48. The number of nitrogens with one attached hydrogen (secondary N) is 2. The van der Waals surface area contributed by atoms with Gasteiger partial charge in [-0.3, -0.25) is 4.72 Å². The molecule has 2 heterocycles. The molecule has 0 amide bonds. The predicted molar refractivity (Wildman–Crippen MR) is 140 cm³/mol. The highest BCUT2D eigenvalue weighted by Gasteiger charge is 2.39. The first kappa shape index (κ1) is 28.0. The van der Waals surface area contributed by atoms with Crippen LogP contribution in [0.1, 0.15) is 38.2 Å². The molecule has 206 valence electrons. The topological polar surface area (TPSA) is 100 Å². The Morgan fingerprint density at radius 2 is 1.92 bits per heavy atom. The predicted octanol–water partition coefficient (Wildman–Crippen LogP) is 4.95. The van der Waals surface area contributed by atoms with Crippen LogP contribution in [0, 0.1) is 18.8 Å². The van der Waals surface area contributed by atoms with Crippen LogP contribution in [0.25, 0.3) is 0 Å². The van der Waals surface area contributed by atoms with E-state index in [1.807, 2.05) is 21.0 Å². The lowest BCUT2D eigenvalue weighted by Gasteiger charge is -2.42. The minimum Gasteiger partial charge on any atom is -0.366 e.